The molecule has 3 rings (SSSR count). The third-order valence-corrected chi connectivity index (χ3v) is 2.68. The number of pyridine rings is 1. The molecule has 3 aromatic rings. The van der Waals surface area contributed by atoms with E-state index in [1.807, 2.05) is 11.4 Å². The summed E-state index contributed by atoms with van der Waals surface area (Å²) in [6.45, 7) is 0. The number of imidazole rings is 1. The van der Waals surface area contributed by atoms with Gasteiger partial charge in [0.25, 0.3) is 0 Å². The molecule has 4 heteroatoms. The number of hydrogen-bond acceptors (Lipinski definition) is 3. The van der Waals surface area contributed by atoms with Crippen LogP contribution >= 0.6 is 11.3 Å². The first-order valence-corrected chi connectivity index (χ1v) is 4.49. The van der Waals surface area contributed by atoms with Crippen LogP contribution in [0.4, 0.5) is 0 Å². The molecule has 0 aliphatic carbocycles. The molecule has 12 heavy (non-hydrogen) atoms. The zero-order chi connectivity index (χ0) is 7.97. The third-order valence-electron chi connectivity index (χ3n) is 1.82. The van der Waals surface area contributed by atoms with E-state index in [9.17, 15) is 0 Å². The SMILES string of the molecule is c1nc2nc3ccsc3cc2[nH]1. The summed E-state index contributed by atoms with van der Waals surface area (Å²) in [5, 5.41) is 2.04. The second-order valence-corrected chi connectivity index (χ2v) is 3.51. The number of aromatic amines is 1. The Labute approximate surface area is 72.1 Å². The molecule has 0 atom stereocenters. The lowest BCUT2D eigenvalue weighted by Crippen LogP contribution is -1.75. The zero-order valence-corrected chi connectivity index (χ0v) is 6.93. The van der Waals surface area contributed by atoms with Gasteiger partial charge in [0, 0.05) is 0 Å². The fourth-order valence-corrected chi connectivity index (χ4v) is 2.02. The third kappa shape index (κ3) is 0.698. The Hall–Kier alpha value is -1.42. The van der Waals surface area contributed by atoms with Crippen LogP contribution in [0, 0.1) is 0 Å². The summed E-state index contributed by atoms with van der Waals surface area (Å²) in [6.07, 6.45) is 1.67. The lowest BCUT2D eigenvalue weighted by molar-refractivity contribution is 1.32. The van der Waals surface area contributed by atoms with Gasteiger partial charge in [0.05, 0.1) is 22.1 Å². The quantitative estimate of drug-likeness (QED) is 0.569. The van der Waals surface area contributed by atoms with Gasteiger partial charge in [0.15, 0.2) is 5.65 Å². The lowest BCUT2D eigenvalue weighted by Gasteiger charge is -1.87. The predicted octanol–water partition coefficient (Wildman–Crippen LogP) is 2.17. The van der Waals surface area contributed by atoms with E-state index in [1.165, 1.54) is 4.70 Å². The second kappa shape index (κ2) is 2.04. The minimum absolute atomic E-state index is 0.793. The summed E-state index contributed by atoms with van der Waals surface area (Å²) in [6, 6.07) is 4.09. The average Bonchev–Trinajstić information content (AvgIpc) is 2.64. The Morgan fingerprint density at radius 1 is 1.42 bits per heavy atom. The van der Waals surface area contributed by atoms with Crippen LogP contribution in [0.25, 0.3) is 21.4 Å². The van der Waals surface area contributed by atoms with Crippen molar-refractivity contribution < 1.29 is 0 Å². The number of aromatic nitrogens is 3. The fraction of sp³-hybridized carbons (Fsp3) is 0. The summed E-state index contributed by atoms with van der Waals surface area (Å²) in [7, 11) is 0. The van der Waals surface area contributed by atoms with Crippen molar-refractivity contribution in [2.45, 2.75) is 0 Å². The van der Waals surface area contributed by atoms with Crippen LogP contribution in [0.2, 0.25) is 0 Å². The summed E-state index contributed by atoms with van der Waals surface area (Å²) in [5.74, 6) is 0. The summed E-state index contributed by atoms with van der Waals surface area (Å²) < 4.78 is 1.20. The molecule has 1 N–H and O–H groups in total. The minimum atomic E-state index is 0.793. The van der Waals surface area contributed by atoms with Gasteiger partial charge in [0.2, 0.25) is 0 Å². The topological polar surface area (TPSA) is 41.6 Å². The van der Waals surface area contributed by atoms with Crippen LogP contribution < -0.4 is 0 Å². The van der Waals surface area contributed by atoms with Crippen molar-refractivity contribution in [1.82, 2.24) is 15.0 Å². The maximum atomic E-state index is 4.37. The standard InChI is InChI=1S/C8H5N3S/c1-2-12-7-3-6-8(10-4-9-6)11-5(1)7/h1-4H,(H,9,10,11). The largest absolute Gasteiger partial charge is 0.343 e. The van der Waals surface area contributed by atoms with Crippen molar-refractivity contribution in [2.75, 3.05) is 0 Å². The van der Waals surface area contributed by atoms with E-state index in [0.717, 1.165) is 16.7 Å². The molecular formula is C8H5N3S. The summed E-state index contributed by atoms with van der Waals surface area (Å²) >= 11 is 1.70. The highest BCUT2D eigenvalue weighted by molar-refractivity contribution is 7.17. The maximum Gasteiger partial charge on any atom is 0.178 e. The number of rotatable bonds is 0. The molecule has 0 aliphatic heterocycles. The van der Waals surface area contributed by atoms with Gasteiger partial charge in [-0.15, -0.1) is 11.3 Å². The number of thiophene rings is 1. The molecule has 0 amide bonds. The average molecular weight is 175 g/mol. The molecule has 3 heterocycles. The van der Waals surface area contributed by atoms with Crippen molar-refractivity contribution in [3.05, 3.63) is 23.8 Å². The van der Waals surface area contributed by atoms with E-state index in [0.29, 0.717) is 0 Å². The summed E-state index contributed by atoms with van der Waals surface area (Å²) in [5.41, 5.74) is 2.82. The van der Waals surface area contributed by atoms with Crippen molar-refractivity contribution in [2.24, 2.45) is 0 Å². The maximum absolute atomic E-state index is 4.37. The lowest BCUT2D eigenvalue weighted by atomic mass is 10.4. The molecule has 3 aromatic heterocycles. The molecule has 0 saturated carbocycles. The van der Waals surface area contributed by atoms with Crippen LogP contribution in [0.15, 0.2) is 23.8 Å². The van der Waals surface area contributed by atoms with Gasteiger partial charge in [0.1, 0.15) is 0 Å². The van der Waals surface area contributed by atoms with E-state index < -0.39 is 0 Å². The fourth-order valence-electron chi connectivity index (χ4n) is 1.25. The second-order valence-electron chi connectivity index (χ2n) is 2.57. The monoisotopic (exact) mass is 175 g/mol. The van der Waals surface area contributed by atoms with Crippen LogP contribution in [0.3, 0.4) is 0 Å². The molecule has 0 aliphatic rings. The number of hydrogen-bond donors (Lipinski definition) is 1. The van der Waals surface area contributed by atoms with Gasteiger partial charge in [-0.1, -0.05) is 0 Å². The van der Waals surface area contributed by atoms with Gasteiger partial charge in [-0.2, -0.15) is 0 Å². The Bertz CT molecular complexity index is 446. The van der Waals surface area contributed by atoms with Gasteiger partial charge in [-0.3, -0.25) is 0 Å². The molecule has 3 nitrogen and oxygen atoms in total. The van der Waals surface area contributed by atoms with Crippen LogP contribution in [-0.4, -0.2) is 15.0 Å². The van der Waals surface area contributed by atoms with E-state index in [4.69, 9.17) is 0 Å². The van der Waals surface area contributed by atoms with Crippen molar-refractivity contribution in [1.29, 1.82) is 0 Å². The molecule has 0 spiro atoms. The van der Waals surface area contributed by atoms with E-state index in [-0.39, 0.29) is 0 Å². The zero-order valence-electron chi connectivity index (χ0n) is 6.11. The molecule has 0 bridgehead atoms. The van der Waals surface area contributed by atoms with E-state index >= 15 is 0 Å². The summed E-state index contributed by atoms with van der Waals surface area (Å²) in [4.78, 5) is 11.5. The molecule has 0 saturated heterocycles. The Balaban J connectivity index is 2.62. The van der Waals surface area contributed by atoms with E-state index in [1.54, 1.807) is 17.7 Å². The molecule has 0 unspecified atom stereocenters. The van der Waals surface area contributed by atoms with Crippen molar-refractivity contribution >= 4 is 32.7 Å². The number of fused-ring (bicyclic) bond motifs is 2. The normalized spacial score (nSPS) is 11.3. The van der Waals surface area contributed by atoms with Gasteiger partial charge < -0.3 is 4.98 Å². The van der Waals surface area contributed by atoms with Crippen LogP contribution in [-0.2, 0) is 0 Å². The predicted molar refractivity (Wildman–Crippen MR) is 49.3 cm³/mol. The van der Waals surface area contributed by atoms with E-state index in [2.05, 4.69) is 21.0 Å². The number of nitrogens with zero attached hydrogens (tertiary/aromatic N) is 2. The Morgan fingerprint density at radius 3 is 3.42 bits per heavy atom. The van der Waals surface area contributed by atoms with Gasteiger partial charge in [-0.25, -0.2) is 9.97 Å². The van der Waals surface area contributed by atoms with Gasteiger partial charge in [-0.05, 0) is 17.5 Å². The molecule has 0 fully saturated rings. The molecule has 58 valence electrons. The Kier molecular flexibility index (Phi) is 1.04. The minimum Gasteiger partial charge on any atom is -0.343 e. The van der Waals surface area contributed by atoms with Gasteiger partial charge >= 0.3 is 0 Å². The molecular weight excluding hydrogens is 170 g/mol. The first-order chi connectivity index (χ1) is 5.93. The highest BCUT2D eigenvalue weighted by Crippen LogP contribution is 2.21. The smallest absolute Gasteiger partial charge is 0.178 e. The highest BCUT2D eigenvalue weighted by atomic mass is 32.1. The first kappa shape index (κ1) is 6.14. The van der Waals surface area contributed by atoms with Crippen LogP contribution in [0.1, 0.15) is 0 Å². The van der Waals surface area contributed by atoms with Crippen molar-refractivity contribution in [3.8, 4) is 0 Å². The highest BCUT2D eigenvalue weighted by Gasteiger charge is 2.00. The first-order valence-electron chi connectivity index (χ1n) is 3.61. The molecule has 0 aromatic carbocycles. The molecule has 0 radical (unpaired) electrons. The van der Waals surface area contributed by atoms with Crippen molar-refractivity contribution in [3.63, 3.8) is 0 Å². The Morgan fingerprint density at radius 2 is 2.42 bits per heavy atom. The van der Waals surface area contributed by atoms with Crippen LogP contribution in [0.5, 0.6) is 0 Å². The number of nitrogens with one attached hydrogen (secondary N) is 1. The number of H-pyrrole nitrogens is 1.